The number of aryl methyl sites for hydroxylation is 1. The number of nitrogens with zero attached hydrogens (tertiary/aromatic N) is 1. The second kappa shape index (κ2) is 5.58. The molecule has 0 N–H and O–H groups in total. The summed E-state index contributed by atoms with van der Waals surface area (Å²) < 4.78 is 0. The summed E-state index contributed by atoms with van der Waals surface area (Å²) in [6.45, 7) is 9.25. The largest absolute Gasteiger partial charge is 0.369 e. The molecule has 1 nitrogen and oxygen atoms in total. The van der Waals surface area contributed by atoms with E-state index in [1.807, 2.05) is 0 Å². The van der Waals surface area contributed by atoms with Gasteiger partial charge in [0.25, 0.3) is 0 Å². The van der Waals surface area contributed by atoms with Crippen molar-refractivity contribution < 1.29 is 0 Å². The van der Waals surface area contributed by atoms with Gasteiger partial charge in [-0.2, -0.15) is 0 Å². The number of anilines is 1. The van der Waals surface area contributed by atoms with E-state index in [9.17, 15) is 0 Å². The molecular formula is C20H25NS. The molecule has 2 aromatic rings. The molecule has 0 saturated carbocycles. The molecule has 22 heavy (non-hydrogen) atoms. The summed E-state index contributed by atoms with van der Waals surface area (Å²) in [4.78, 5) is 3.76. The minimum atomic E-state index is 0.229. The predicted molar refractivity (Wildman–Crippen MR) is 99.9 cm³/mol. The molecule has 2 heterocycles. The highest BCUT2D eigenvalue weighted by Crippen LogP contribution is 2.43. The lowest BCUT2D eigenvalue weighted by Gasteiger charge is -2.45. The van der Waals surface area contributed by atoms with E-state index in [4.69, 9.17) is 0 Å². The van der Waals surface area contributed by atoms with Crippen molar-refractivity contribution in [1.29, 1.82) is 0 Å². The first-order chi connectivity index (χ1) is 10.4. The molecule has 1 atom stereocenters. The first kappa shape index (κ1) is 15.4. The highest BCUT2D eigenvalue weighted by molar-refractivity contribution is 7.10. The molecule has 0 spiro atoms. The van der Waals surface area contributed by atoms with E-state index in [0.29, 0.717) is 5.92 Å². The molecule has 1 aliphatic rings. The Kier molecular flexibility index (Phi) is 3.90. The zero-order valence-corrected chi connectivity index (χ0v) is 15.0. The number of hydrogen-bond donors (Lipinski definition) is 0. The fraction of sp³-hybridized carbons (Fsp3) is 0.400. The standard InChI is InChI=1S/C20H25NS/c1-14-11-19-18(15(2)13-20(3,4)21(19)5)12-16(14)8-9-17-7-6-10-22-17/h6-12,15H,13H2,1-5H3. The monoisotopic (exact) mass is 311 g/mol. The van der Waals surface area contributed by atoms with E-state index in [2.05, 4.69) is 81.4 Å². The average Bonchev–Trinajstić information content (AvgIpc) is 2.96. The molecule has 3 rings (SSSR count). The van der Waals surface area contributed by atoms with Crippen molar-refractivity contribution in [3.63, 3.8) is 0 Å². The van der Waals surface area contributed by atoms with Gasteiger partial charge >= 0.3 is 0 Å². The second-order valence-corrected chi connectivity index (χ2v) is 8.07. The normalized spacial score (nSPS) is 20.4. The van der Waals surface area contributed by atoms with Crippen LogP contribution < -0.4 is 4.90 Å². The summed E-state index contributed by atoms with van der Waals surface area (Å²) in [5.41, 5.74) is 5.80. The Morgan fingerprint density at radius 3 is 2.73 bits per heavy atom. The first-order valence-corrected chi connectivity index (χ1v) is 8.86. The number of rotatable bonds is 2. The van der Waals surface area contributed by atoms with Crippen molar-refractivity contribution in [2.24, 2.45) is 0 Å². The van der Waals surface area contributed by atoms with Crippen molar-refractivity contribution >= 4 is 29.2 Å². The molecular weight excluding hydrogens is 286 g/mol. The van der Waals surface area contributed by atoms with Crippen LogP contribution in [0.25, 0.3) is 12.2 Å². The van der Waals surface area contributed by atoms with E-state index in [1.54, 1.807) is 11.3 Å². The third-order valence-corrected chi connectivity index (χ3v) is 5.83. The summed E-state index contributed by atoms with van der Waals surface area (Å²) in [7, 11) is 2.23. The smallest absolute Gasteiger partial charge is 0.0406 e. The van der Waals surface area contributed by atoms with Crippen LogP contribution >= 0.6 is 11.3 Å². The Morgan fingerprint density at radius 1 is 1.27 bits per heavy atom. The van der Waals surface area contributed by atoms with E-state index in [-0.39, 0.29) is 5.54 Å². The molecule has 0 aliphatic carbocycles. The highest BCUT2D eigenvalue weighted by Gasteiger charge is 2.34. The van der Waals surface area contributed by atoms with Crippen molar-refractivity contribution in [2.45, 2.75) is 45.6 Å². The molecule has 1 aromatic heterocycles. The van der Waals surface area contributed by atoms with Gasteiger partial charge in [0, 0.05) is 23.2 Å². The van der Waals surface area contributed by atoms with E-state index in [1.165, 1.54) is 33.7 Å². The topological polar surface area (TPSA) is 3.24 Å². The highest BCUT2D eigenvalue weighted by atomic mass is 32.1. The lowest BCUT2D eigenvalue weighted by Crippen LogP contribution is -2.45. The van der Waals surface area contributed by atoms with Crippen LogP contribution in [0.5, 0.6) is 0 Å². The van der Waals surface area contributed by atoms with Gasteiger partial charge in [-0.3, -0.25) is 0 Å². The molecule has 0 saturated heterocycles. The maximum absolute atomic E-state index is 2.45. The van der Waals surface area contributed by atoms with Crippen LogP contribution in [0.15, 0.2) is 29.6 Å². The molecule has 1 unspecified atom stereocenters. The Morgan fingerprint density at radius 2 is 2.05 bits per heavy atom. The van der Waals surface area contributed by atoms with Crippen molar-refractivity contribution in [2.75, 3.05) is 11.9 Å². The number of thiophene rings is 1. The maximum Gasteiger partial charge on any atom is 0.0406 e. The summed E-state index contributed by atoms with van der Waals surface area (Å²) in [5, 5.41) is 2.12. The van der Waals surface area contributed by atoms with Crippen molar-refractivity contribution in [3.8, 4) is 0 Å². The van der Waals surface area contributed by atoms with Crippen LogP contribution in [0.2, 0.25) is 0 Å². The summed E-state index contributed by atoms with van der Waals surface area (Å²) in [5.74, 6) is 0.607. The van der Waals surface area contributed by atoms with Gasteiger partial charge in [-0.25, -0.2) is 0 Å². The van der Waals surface area contributed by atoms with E-state index in [0.717, 1.165) is 0 Å². The van der Waals surface area contributed by atoms with Gasteiger partial charge < -0.3 is 4.90 Å². The van der Waals surface area contributed by atoms with E-state index < -0.39 is 0 Å². The van der Waals surface area contributed by atoms with Crippen LogP contribution in [-0.4, -0.2) is 12.6 Å². The van der Waals surface area contributed by atoms with Crippen molar-refractivity contribution in [1.82, 2.24) is 0 Å². The Balaban J connectivity index is 2.01. The van der Waals surface area contributed by atoms with Crippen LogP contribution in [0, 0.1) is 6.92 Å². The lowest BCUT2D eigenvalue weighted by atomic mass is 9.79. The molecule has 0 radical (unpaired) electrons. The minimum absolute atomic E-state index is 0.229. The molecule has 2 heteroatoms. The van der Waals surface area contributed by atoms with Crippen LogP contribution in [0.4, 0.5) is 5.69 Å². The molecule has 1 aliphatic heterocycles. The minimum Gasteiger partial charge on any atom is -0.369 e. The lowest BCUT2D eigenvalue weighted by molar-refractivity contribution is 0.395. The van der Waals surface area contributed by atoms with Gasteiger partial charge in [0.2, 0.25) is 0 Å². The summed E-state index contributed by atoms with van der Waals surface area (Å²) in [6, 6.07) is 9.02. The van der Waals surface area contributed by atoms with Gasteiger partial charge in [-0.1, -0.05) is 19.1 Å². The zero-order valence-electron chi connectivity index (χ0n) is 14.2. The molecule has 0 bridgehead atoms. The number of hydrogen-bond acceptors (Lipinski definition) is 2. The quantitative estimate of drug-likeness (QED) is 0.662. The maximum atomic E-state index is 2.45. The number of fused-ring (bicyclic) bond motifs is 1. The fourth-order valence-corrected chi connectivity index (χ4v) is 4.09. The van der Waals surface area contributed by atoms with Crippen molar-refractivity contribution in [3.05, 3.63) is 51.2 Å². The Labute approximate surface area is 138 Å². The van der Waals surface area contributed by atoms with Gasteiger partial charge in [-0.15, -0.1) is 11.3 Å². The Hall–Kier alpha value is -1.54. The van der Waals surface area contributed by atoms with Crippen LogP contribution in [0.3, 0.4) is 0 Å². The third-order valence-electron chi connectivity index (χ3n) is 4.99. The van der Waals surface area contributed by atoms with Gasteiger partial charge in [0.05, 0.1) is 0 Å². The van der Waals surface area contributed by atoms with Gasteiger partial charge in [-0.05, 0) is 79.5 Å². The van der Waals surface area contributed by atoms with Gasteiger partial charge in [0.15, 0.2) is 0 Å². The predicted octanol–water partition coefficient (Wildman–Crippen LogP) is 5.95. The second-order valence-electron chi connectivity index (χ2n) is 7.09. The molecule has 0 fully saturated rings. The van der Waals surface area contributed by atoms with E-state index >= 15 is 0 Å². The van der Waals surface area contributed by atoms with Crippen LogP contribution in [0.1, 0.15) is 54.7 Å². The Bertz CT molecular complexity index is 695. The SMILES string of the molecule is Cc1cc2c(cc1C=Cc1cccs1)C(C)CC(C)(C)N2C. The molecule has 116 valence electrons. The van der Waals surface area contributed by atoms with Gasteiger partial charge in [0.1, 0.15) is 0 Å². The van der Waals surface area contributed by atoms with Crippen LogP contribution in [-0.2, 0) is 0 Å². The average molecular weight is 311 g/mol. The molecule has 1 aromatic carbocycles. The summed E-state index contributed by atoms with van der Waals surface area (Å²) >= 11 is 1.78. The molecule has 0 amide bonds. The zero-order chi connectivity index (χ0) is 15.9. The third kappa shape index (κ3) is 2.72. The first-order valence-electron chi connectivity index (χ1n) is 7.98. The fourth-order valence-electron chi connectivity index (χ4n) is 3.47. The number of benzene rings is 1. The summed E-state index contributed by atoms with van der Waals surface area (Å²) in [6.07, 6.45) is 5.68.